The Morgan fingerprint density at radius 3 is 2.43 bits per heavy atom. The summed E-state index contributed by atoms with van der Waals surface area (Å²) in [5, 5.41) is 2.50. The second-order valence-electron chi connectivity index (χ2n) is 5.45. The molecule has 110 valence electrons. The lowest BCUT2D eigenvalue weighted by Gasteiger charge is -2.05. The maximum atomic E-state index is 4.68. The van der Waals surface area contributed by atoms with E-state index >= 15 is 0 Å². The molecule has 0 aliphatic carbocycles. The number of rotatable bonds is 3. The lowest BCUT2D eigenvalue weighted by Crippen LogP contribution is -1.97. The monoisotopic (exact) mass is 297 g/mol. The van der Waals surface area contributed by atoms with Gasteiger partial charge in [-0.05, 0) is 34.5 Å². The SMILES string of the molecule is c1ccc2cc(Cc3nccc(-c4ccncc4)n3)ccc2c1. The number of aromatic nitrogens is 3. The highest BCUT2D eigenvalue weighted by Crippen LogP contribution is 2.19. The van der Waals surface area contributed by atoms with E-state index < -0.39 is 0 Å². The van der Waals surface area contributed by atoms with Crippen LogP contribution in [0.5, 0.6) is 0 Å². The van der Waals surface area contributed by atoms with Crippen molar-refractivity contribution in [2.24, 2.45) is 0 Å². The van der Waals surface area contributed by atoms with Crippen molar-refractivity contribution in [1.82, 2.24) is 15.0 Å². The molecule has 0 radical (unpaired) electrons. The fraction of sp³-hybridized carbons (Fsp3) is 0.0500. The topological polar surface area (TPSA) is 38.7 Å². The Hall–Kier alpha value is -3.07. The number of hydrogen-bond acceptors (Lipinski definition) is 3. The molecule has 0 amide bonds. The summed E-state index contributed by atoms with van der Waals surface area (Å²) in [5.41, 5.74) is 3.20. The molecule has 4 rings (SSSR count). The molecular weight excluding hydrogens is 282 g/mol. The number of pyridine rings is 1. The minimum absolute atomic E-state index is 0.726. The van der Waals surface area contributed by atoms with Crippen molar-refractivity contribution < 1.29 is 0 Å². The second-order valence-corrected chi connectivity index (χ2v) is 5.45. The smallest absolute Gasteiger partial charge is 0.133 e. The van der Waals surface area contributed by atoms with Crippen LogP contribution in [-0.4, -0.2) is 15.0 Å². The Morgan fingerprint density at radius 2 is 1.57 bits per heavy atom. The summed E-state index contributed by atoms with van der Waals surface area (Å²) in [6.07, 6.45) is 6.10. The third-order valence-electron chi connectivity index (χ3n) is 3.86. The van der Waals surface area contributed by atoms with Gasteiger partial charge in [-0.25, -0.2) is 9.97 Å². The molecule has 0 N–H and O–H groups in total. The second kappa shape index (κ2) is 5.97. The first-order valence-corrected chi connectivity index (χ1v) is 7.58. The molecule has 3 nitrogen and oxygen atoms in total. The summed E-state index contributed by atoms with van der Waals surface area (Å²) >= 11 is 0. The molecule has 0 bridgehead atoms. The number of benzene rings is 2. The fourth-order valence-electron chi connectivity index (χ4n) is 2.70. The van der Waals surface area contributed by atoms with E-state index in [9.17, 15) is 0 Å². The quantitative estimate of drug-likeness (QED) is 0.566. The van der Waals surface area contributed by atoms with Gasteiger partial charge >= 0.3 is 0 Å². The van der Waals surface area contributed by atoms with E-state index in [2.05, 4.69) is 57.4 Å². The van der Waals surface area contributed by atoms with Crippen LogP contribution in [-0.2, 0) is 6.42 Å². The third-order valence-corrected chi connectivity index (χ3v) is 3.86. The maximum absolute atomic E-state index is 4.68. The first kappa shape index (κ1) is 13.6. The van der Waals surface area contributed by atoms with Gasteiger partial charge in [0.15, 0.2) is 0 Å². The number of nitrogens with zero attached hydrogens (tertiary/aromatic N) is 3. The Morgan fingerprint density at radius 1 is 0.739 bits per heavy atom. The average Bonchev–Trinajstić information content (AvgIpc) is 2.63. The van der Waals surface area contributed by atoms with E-state index in [1.165, 1.54) is 16.3 Å². The van der Waals surface area contributed by atoms with Crippen LogP contribution in [0.4, 0.5) is 0 Å². The van der Waals surface area contributed by atoms with Crippen LogP contribution in [0.1, 0.15) is 11.4 Å². The molecule has 0 saturated heterocycles. The molecule has 2 aromatic carbocycles. The summed E-state index contributed by atoms with van der Waals surface area (Å²) < 4.78 is 0. The molecule has 2 heterocycles. The number of fused-ring (bicyclic) bond motifs is 1. The van der Waals surface area contributed by atoms with Gasteiger partial charge in [-0.15, -0.1) is 0 Å². The van der Waals surface area contributed by atoms with Crippen molar-refractivity contribution in [3.63, 3.8) is 0 Å². The highest BCUT2D eigenvalue weighted by atomic mass is 14.9. The molecule has 0 atom stereocenters. The van der Waals surface area contributed by atoms with E-state index in [1.807, 2.05) is 24.4 Å². The highest BCUT2D eigenvalue weighted by molar-refractivity contribution is 5.83. The van der Waals surface area contributed by atoms with Crippen LogP contribution >= 0.6 is 0 Å². The normalized spacial score (nSPS) is 10.8. The first-order chi connectivity index (χ1) is 11.4. The average molecular weight is 297 g/mol. The van der Waals surface area contributed by atoms with Crippen LogP contribution in [0.15, 0.2) is 79.3 Å². The minimum atomic E-state index is 0.726. The molecule has 4 aromatic rings. The molecule has 0 spiro atoms. The van der Waals surface area contributed by atoms with Crippen molar-refractivity contribution in [1.29, 1.82) is 0 Å². The lowest BCUT2D eigenvalue weighted by atomic mass is 10.0. The Bertz CT molecular complexity index is 949. The fourth-order valence-corrected chi connectivity index (χ4v) is 2.70. The van der Waals surface area contributed by atoms with Crippen molar-refractivity contribution >= 4 is 10.8 Å². The van der Waals surface area contributed by atoms with Crippen LogP contribution in [0.25, 0.3) is 22.0 Å². The van der Waals surface area contributed by atoms with Crippen LogP contribution in [0.3, 0.4) is 0 Å². The zero-order valence-electron chi connectivity index (χ0n) is 12.6. The van der Waals surface area contributed by atoms with Crippen molar-refractivity contribution in [3.8, 4) is 11.3 Å². The van der Waals surface area contributed by atoms with Gasteiger partial charge < -0.3 is 0 Å². The molecule has 23 heavy (non-hydrogen) atoms. The summed E-state index contributed by atoms with van der Waals surface area (Å²) in [6.45, 7) is 0. The van der Waals surface area contributed by atoms with Gasteiger partial charge in [-0.1, -0.05) is 42.5 Å². The summed E-state index contributed by atoms with van der Waals surface area (Å²) in [6, 6.07) is 20.7. The molecule has 0 aliphatic rings. The van der Waals surface area contributed by atoms with E-state index in [0.717, 1.165) is 23.5 Å². The minimum Gasteiger partial charge on any atom is -0.265 e. The summed E-state index contributed by atoms with van der Waals surface area (Å²) in [5.74, 6) is 0.828. The maximum Gasteiger partial charge on any atom is 0.133 e. The Labute approximate surface area is 134 Å². The zero-order chi connectivity index (χ0) is 15.5. The predicted octanol–water partition coefficient (Wildman–Crippen LogP) is 4.28. The van der Waals surface area contributed by atoms with Crippen LogP contribution in [0, 0.1) is 0 Å². The van der Waals surface area contributed by atoms with Crippen molar-refractivity contribution in [2.75, 3.05) is 0 Å². The third kappa shape index (κ3) is 2.94. The largest absolute Gasteiger partial charge is 0.265 e. The number of hydrogen-bond donors (Lipinski definition) is 0. The summed E-state index contributed by atoms with van der Waals surface area (Å²) in [7, 11) is 0. The molecular formula is C20H15N3. The molecule has 0 aliphatic heterocycles. The van der Waals surface area contributed by atoms with Crippen molar-refractivity contribution in [2.45, 2.75) is 6.42 Å². The van der Waals surface area contributed by atoms with Gasteiger partial charge in [0.1, 0.15) is 5.82 Å². The van der Waals surface area contributed by atoms with Gasteiger partial charge in [0, 0.05) is 30.6 Å². The van der Waals surface area contributed by atoms with Gasteiger partial charge in [0.2, 0.25) is 0 Å². The Balaban J connectivity index is 1.65. The standard InChI is InChI=1S/C20H15N3/c1-2-4-18-13-15(5-6-16(18)3-1)14-20-22-12-9-19(23-20)17-7-10-21-11-8-17/h1-13H,14H2. The molecule has 3 heteroatoms. The Kier molecular flexibility index (Phi) is 3.53. The van der Waals surface area contributed by atoms with Crippen LogP contribution in [0.2, 0.25) is 0 Å². The molecule has 0 unspecified atom stereocenters. The molecule has 0 saturated carbocycles. The van der Waals surface area contributed by atoms with Gasteiger partial charge in [-0.3, -0.25) is 4.98 Å². The lowest BCUT2D eigenvalue weighted by molar-refractivity contribution is 0.973. The highest BCUT2D eigenvalue weighted by Gasteiger charge is 2.04. The summed E-state index contributed by atoms with van der Waals surface area (Å²) in [4.78, 5) is 13.1. The molecule has 0 fully saturated rings. The first-order valence-electron chi connectivity index (χ1n) is 7.58. The van der Waals surface area contributed by atoms with E-state index in [4.69, 9.17) is 0 Å². The molecule has 2 aromatic heterocycles. The zero-order valence-corrected chi connectivity index (χ0v) is 12.6. The van der Waals surface area contributed by atoms with E-state index in [1.54, 1.807) is 12.4 Å². The van der Waals surface area contributed by atoms with Crippen molar-refractivity contribution in [3.05, 3.63) is 90.6 Å². The van der Waals surface area contributed by atoms with Gasteiger partial charge in [0.25, 0.3) is 0 Å². The van der Waals surface area contributed by atoms with Gasteiger partial charge in [-0.2, -0.15) is 0 Å². The predicted molar refractivity (Wildman–Crippen MR) is 92.0 cm³/mol. The van der Waals surface area contributed by atoms with E-state index in [0.29, 0.717) is 0 Å². The van der Waals surface area contributed by atoms with Gasteiger partial charge in [0.05, 0.1) is 5.69 Å². The van der Waals surface area contributed by atoms with Crippen LogP contribution < -0.4 is 0 Å². The van der Waals surface area contributed by atoms with E-state index in [-0.39, 0.29) is 0 Å².